The van der Waals surface area contributed by atoms with E-state index in [-0.39, 0.29) is 23.0 Å². The van der Waals surface area contributed by atoms with Crippen molar-refractivity contribution in [1.82, 2.24) is 30.3 Å². The number of alkyl halides is 2. The smallest absolute Gasteiger partial charge is 0.293 e. The zero-order valence-electron chi connectivity index (χ0n) is 18.6. The van der Waals surface area contributed by atoms with Gasteiger partial charge in [0.2, 0.25) is 0 Å². The summed E-state index contributed by atoms with van der Waals surface area (Å²) in [6, 6.07) is 2.63. The fourth-order valence-electron chi connectivity index (χ4n) is 5.16. The van der Waals surface area contributed by atoms with E-state index in [1.54, 1.807) is 6.92 Å². The number of nitrogens with one attached hydrogen (secondary N) is 3. The van der Waals surface area contributed by atoms with Gasteiger partial charge in [-0.05, 0) is 56.2 Å². The lowest BCUT2D eigenvalue weighted by Crippen LogP contribution is -2.40. The van der Waals surface area contributed by atoms with Gasteiger partial charge in [0.25, 0.3) is 24.0 Å². The van der Waals surface area contributed by atoms with Crippen LogP contribution in [0.4, 0.5) is 14.5 Å². The van der Waals surface area contributed by atoms with Crippen molar-refractivity contribution < 1.29 is 23.2 Å². The topological polar surface area (TPSA) is 135 Å². The Bertz CT molecular complexity index is 1380. The molecule has 0 aromatic carbocycles. The fraction of sp³-hybridized carbons (Fsp3) is 0.391. The van der Waals surface area contributed by atoms with E-state index in [1.807, 2.05) is 4.57 Å². The summed E-state index contributed by atoms with van der Waals surface area (Å²) < 4.78 is 27.9. The maximum atomic E-state index is 13.3. The number of H-pyrrole nitrogens is 1. The summed E-state index contributed by atoms with van der Waals surface area (Å²) >= 11 is 0. The molecule has 2 fully saturated rings. The van der Waals surface area contributed by atoms with Crippen molar-refractivity contribution in [2.45, 2.75) is 50.6 Å². The van der Waals surface area contributed by atoms with E-state index in [0.29, 0.717) is 42.1 Å². The number of anilines is 1. The molecule has 0 saturated heterocycles. The fourth-order valence-corrected chi connectivity index (χ4v) is 5.16. The van der Waals surface area contributed by atoms with Crippen molar-refractivity contribution in [1.29, 1.82) is 0 Å². The van der Waals surface area contributed by atoms with Crippen LogP contribution in [-0.4, -0.2) is 42.6 Å². The molecule has 12 heteroatoms. The molecule has 4 heterocycles. The maximum Gasteiger partial charge on any atom is 0.293 e. The Balaban J connectivity index is 1.30. The number of aromatic amines is 1. The second-order valence-corrected chi connectivity index (χ2v) is 9.38. The molecule has 3 aromatic heterocycles. The highest BCUT2D eigenvalue weighted by molar-refractivity contribution is 6.44. The molecule has 2 unspecified atom stereocenters. The monoisotopic (exact) mass is 481 g/mol. The first-order chi connectivity index (χ1) is 16.8. The highest BCUT2D eigenvalue weighted by Crippen LogP contribution is 2.54. The number of rotatable bonds is 7. The minimum absolute atomic E-state index is 0.0908. The SMILES string of the molecule is Cc1c(C(=O)C(=O)NC2(c3cn[nH]n3)CC2)c2n(c1C(=O)Nc1ccnc(C(F)F)c1)C1CC1C2. The first kappa shape index (κ1) is 21.6. The molecule has 10 nitrogen and oxygen atoms in total. The zero-order chi connectivity index (χ0) is 24.5. The van der Waals surface area contributed by atoms with Crippen LogP contribution in [0, 0.1) is 12.8 Å². The molecule has 1 aliphatic heterocycles. The van der Waals surface area contributed by atoms with Crippen LogP contribution < -0.4 is 10.6 Å². The van der Waals surface area contributed by atoms with Crippen LogP contribution in [0.2, 0.25) is 0 Å². The summed E-state index contributed by atoms with van der Waals surface area (Å²) in [7, 11) is 0. The summed E-state index contributed by atoms with van der Waals surface area (Å²) in [5.74, 6) is -1.66. The van der Waals surface area contributed by atoms with Crippen molar-refractivity contribution in [3.63, 3.8) is 0 Å². The Kier molecular flexibility index (Phi) is 4.63. The quantitative estimate of drug-likeness (QED) is 0.351. The molecule has 0 bridgehead atoms. The highest BCUT2D eigenvalue weighted by atomic mass is 19.3. The average molecular weight is 481 g/mol. The number of halogens is 2. The Morgan fingerprint density at radius 3 is 2.77 bits per heavy atom. The van der Waals surface area contributed by atoms with E-state index in [1.165, 1.54) is 18.5 Å². The minimum Gasteiger partial charge on any atom is -0.338 e. The van der Waals surface area contributed by atoms with Crippen molar-refractivity contribution in [3.05, 3.63) is 58.4 Å². The number of ketones is 1. The molecule has 2 aliphatic carbocycles. The standard InChI is InChI=1S/C23H21F2N7O3/c1-10-17(19(33)22(35)29-23(3-4-23)16-9-27-31-30-16)15-7-11-6-14(11)32(15)18(10)21(34)28-12-2-5-26-13(8-12)20(24)25/h2,5,8-9,11,14,20H,3-4,6-7H2,1H3,(H,29,35)(H,26,28,34)(H,27,30,31). The van der Waals surface area contributed by atoms with Gasteiger partial charge in [-0.2, -0.15) is 15.4 Å². The minimum atomic E-state index is -2.77. The number of fused-ring (bicyclic) bond motifs is 3. The third-order valence-corrected chi connectivity index (χ3v) is 7.14. The third-order valence-electron chi connectivity index (χ3n) is 7.14. The normalized spacial score (nSPS) is 20.8. The highest BCUT2D eigenvalue weighted by Gasteiger charge is 2.52. The Morgan fingerprint density at radius 1 is 1.29 bits per heavy atom. The number of aromatic nitrogens is 5. The van der Waals surface area contributed by atoms with Crippen LogP contribution in [0.15, 0.2) is 24.5 Å². The number of hydrogen-bond acceptors (Lipinski definition) is 6. The van der Waals surface area contributed by atoms with E-state index in [4.69, 9.17) is 0 Å². The first-order valence-corrected chi connectivity index (χ1v) is 11.3. The average Bonchev–Trinajstić information content (AvgIpc) is 3.61. The van der Waals surface area contributed by atoms with Crippen LogP contribution in [0.25, 0.3) is 0 Å². The molecular formula is C23H21F2N7O3. The zero-order valence-corrected chi connectivity index (χ0v) is 18.6. The molecule has 0 radical (unpaired) electrons. The van der Waals surface area contributed by atoms with Crippen molar-refractivity contribution in [2.24, 2.45) is 5.92 Å². The molecule has 2 saturated carbocycles. The van der Waals surface area contributed by atoms with Crippen LogP contribution in [0.5, 0.6) is 0 Å². The number of nitrogens with zero attached hydrogens (tertiary/aromatic N) is 4. The molecular weight excluding hydrogens is 460 g/mol. The molecule has 3 aromatic rings. The number of hydrogen-bond donors (Lipinski definition) is 3. The van der Waals surface area contributed by atoms with E-state index in [2.05, 4.69) is 31.0 Å². The Morgan fingerprint density at radius 2 is 2.09 bits per heavy atom. The summed E-state index contributed by atoms with van der Waals surface area (Å²) in [5.41, 5.74) is 1.17. The second-order valence-electron chi connectivity index (χ2n) is 9.38. The Hall–Kier alpha value is -3.96. The van der Waals surface area contributed by atoms with Crippen molar-refractivity contribution in [2.75, 3.05) is 5.32 Å². The number of pyridine rings is 1. The molecule has 3 N–H and O–H groups in total. The van der Waals surface area contributed by atoms with Crippen LogP contribution in [0.3, 0.4) is 0 Å². The summed E-state index contributed by atoms with van der Waals surface area (Å²) in [4.78, 5) is 43.2. The molecule has 0 spiro atoms. The second kappa shape index (κ2) is 7.52. The van der Waals surface area contributed by atoms with Gasteiger partial charge in [0.1, 0.15) is 17.1 Å². The predicted molar refractivity (Wildman–Crippen MR) is 117 cm³/mol. The van der Waals surface area contributed by atoms with Gasteiger partial charge in [-0.1, -0.05) is 0 Å². The molecule has 3 aliphatic rings. The van der Waals surface area contributed by atoms with Crippen molar-refractivity contribution >= 4 is 23.3 Å². The van der Waals surface area contributed by atoms with Crippen LogP contribution in [0.1, 0.15) is 75.2 Å². The largest absolute Gasteiger partial charge is 0.338 e. The lowest BCUT2D eigenvalue weighted by Gasteiger charge is -2.14. The van der Waals surface area contributed by atoms with Crippen LogP contribution in [-0.2, 0) is 16.8 Å². The van der Waals surface area contributed by atoms with Gasteiger partial charge in [-0.15, -0.1) is 0 Å². The van der Waals surface area contributed by atoms with Gasteiger partial charge < -0.3 is 15.2 Å². The van der Waals surface area contributed by atoms with Gasteiger partial charge in [0.05, 0.1) is 17.3 Å². The first-order valence-electron chi connectivity index (χ1n) is 11.3. The molecule has 6 rings (SSSR count). The van der Waals surface area contributed by atoms with E-state index in [0.717, 1.165) is 12.5 Å². The van der Waals surface area contributed by atoms with Gasteiger partial charge >= 0.3 is 0 Å². The summed E-state index contributed by atoms with van der Waals surface area (Å²) in [6.07, 6.45) is 2.74. The number of carbonyl (C=O) groups excluding carboxylic acids is 3. The van der Waals surface area contributed by atoms with Gasteiger partial charge in [0, 0.05) is 23.6 Å². The predicted octanol–water partition coefficient (Wildman–Crippen LogP) is 2.60. The van der Waals surface area contributed by atoms with Crippen LogP contribution >= 0.6 is 0 Å². The molecule has 180 valence electrons. The number of carbonyl (C=O) groups is 3. The number of Topliss-reactive ketones (excluding diaryl/α,β-unsaturated/α-hetero) is 1. The van der Waals surface area contributed by atoms with Gasteiger partial charge in [0.15, 0.2) is 0 Å². The molecule has 2 atom stereocenters. The van der Waals surface area contributed by atoms with Gasteiger partial charge in [-0.25, -0.2) is 8.78 Å². The maximum absolute atomic E-state index is 13.3. The van der Waals surface area contributed by atoms with E-state index in [9.17, 15) is 23.2 Å². The van der Waals surface area contributed by atoms with E-state index < -0.39 is 35.3 Å². The molecule has 35 heavy (non-hydrogen) atoms. The summed E-state index contributed by atoms with van der Waals surface area (Å²) in [5, 5.41) is 15.8. The van der Waals surface area contributed by atoms with Crippen molar-refractivity contribution in [3.8, 4) is 0 Å². The third kappa shape index (κ3) is 3.43. The van der Waals surface area contributed by atoms with Gasteiger partial charge in [-0.3, -0.25) is 19.4 Å². The molecule has 2 amide bonds. The number of amides is 2. The lowest BCUT2D eigenvalue weighted by atomic mass is 10.0. The summed E-state index contributed by atoms with van der Waals surface area (Å²) in [6.45, 7) is 1.64. The van der Waals surface area contributed by atoms with E-state index >= 15 is 0 Å². The Labute approximate surface area is 197 Å². The lowest BCUT2D eigenvalue weighted by molar-refractivity contribution is -0.118.